The molecule has 0 unspecified atom stereocenters. The minimum absolute atomic E-state index is 0.0976. The van der Waals surface area contributed by atoms with Crippen molar-refractivity contribution in [1.82, 2.24) is 9.78 Å². The molecule has 5 nitrogen and oxygen atoms in total. The summed E-state index contributed by atoms with van der Waals surface area (Å²) in [5.41, 5.74) is 0.669. The SMILES string of the molecule is Cn1nc(I)c2cccc([N+](=O)[O-])c21. The molecule has 2 rings (SSSR count). The molecule has 0 radical (unpaired) electrons. The standard InChI is InChI=1S/C8H6IN3O2/c1-11-7-5(8(9)10-11)3-2-4-6(7)12(13)14/h2-4H,1H3. The van der Waals surface area contributed by atoms with Gasteiger partial charge in [0.25, 0.3) is 5.69 Å². The minimum Gasteiger partial charge on any atom is -0.260 e. The number of aryl methyl sites for hydroxylation is 1. The van der Waals surface area contributed by atoms with E-state index in [4.69, 9.17) is 0 Å². The van der Waals surface area contributed by atoms with Crippen molar-refractivity contribution < 1.29 is 4.92 Å². The molecular formula is C8H6IN3O2. The highest BCUT2D eigenvalue weighted by atomic mass is 127. The van der Waals surface area contributed by atoms with Crippen LogP contribution in [0.15, 0.2) is 18.2 Å². The van der Waals surface area contributed by atoms with Crippen molar-refractivity contribution in [2.75, 3.05) is 0 Å². The molecule has 14 heavy (non-hydrogen) atoms. The van der Waals surface area contributed by atoms with Crippen molar-refractivity contribution in [3.63, 3.8) is 0 Å². The third-order valence-corrected chi connectivity index (χ3v) is 2.79. The molecule has 0 aliphatic heterocycles. The minimum atomic E-state index is -0.389. The molecule has 0 aliphatic carbocycles. The van der Waals surface area contributed by atoms with E-state index in [0.29, 0.717) is 5.52 Å². The number of hydrogen-bond acceptors (Lipinski definition) is 3. The average molecular weight is 303 g/mol. The highest BCUT2D eigenvalue weighted by Gasteiger charge is 2.17. The molecular weight excluding hydrogens is 297 g/mol. The molecule has 0 saturated carbocycles. The van der Waals surface area contributed by atoms with Gasteiger partial charge in [0.05, 0.1) is 4.92 Å². The zero-order valence-electron chi connectivity index (χ0n) is 7.27. The van der Waals surface area contributed by atoms with Gasteiger partial charge in [-0.1, -0.05) is 6.07 Å². The van der Waals surface area contributed by atoms with Crippen LogP contribution < -0.4 is 0 Å². The van der Waals surface area contributed by atoms with E-state index in [-0.39, 0.29) is 10.6 Å². The van der Waals surface area contributed by atoms with Gasteiger partial charge < -0.3 is 0 Å². The molecule has 0 aliphatic rings. The predicted octanol–water partition coefficient (Wildman–Crippen LogP) is 2.09. The number of rotatable bonds is 1. The predicted molar refractivity (Wildman–Crippen MR) is 60.1 cm³/mol. The smallest absolute Gasteiger partial charge is 0.260 e. The van der Waals surface area contributed by atoms with Crippen molar-refractivity contribution in [3.8, 4) is 0 Å². The first-order valence-electron chi connectivity index (χ1n) is 3.87. The lowest BCUT2D eigenvalue weighted by Crippen LogP contribution is -1.95. The second-order valence-corrected chi connectivity index (χ2v) is 3.87. The van der Waals surface area contributed by atoms with Gasteiger partial charge in [-0.2, -0.15) is 5.10 Å². The van der Waals surface area contributed by atoms with Crippen molar-refractivity contribution in [1.29, 1.82) is 0 Å². The third-order valence-electron chi connectivity index (χ3n) is 2.00. The molecule has 1 aromatic heterocycles. The maximum absolute atomic E-state index is 10.7. The van der Waals surface area contributed by atoms with Crippen LogP contribution >= 0.6 is 22.6 Å². The highest BCUT2D eigenvalue weighted by Crippen LogP contribution is 2.27. The Balaban J connectivity index is 2.92. The number of para-hydroxylation sites is 1. The molecule has 0 N–H and O–H groups in total. The number of nitrogens with zero attached hydrogens (tertiary/aromatic N) is 3. The van der Waals surface area contributed by atoms with Crippen LogP contribution in [0.1, 0.15) is 0 Å². The van der Waals surface area contributed by atoms with Crippen LogP contribution in [0.3, 0.4) is 0 Å². The van der Waals surface area contributed by atoms with Crippen LogP contribution in [0.4, 0.5) is 5.69 Å². The monoisotopic (exact) mass is 303 g/mol. The first kappa shape index (κ1) is 9.38. The van der Waals surface area contributed by atoms with Crippen LogP contribution in [0.2, 0.25) is 0 Å². The molecule has 0 saturated heterocycles. The zero-order valence-corrected chi connectivity index (χ0v) is 9.43. The summed E-state index contributed by atoms with van der Waals surface area (Å²) >= 11 is 2.06. The van der Waals surface area contributed by atoms with Crippen LogP contribution in [-0.2, 0) is 7.05 Å². The molecule has 0 amide bonds. The maximum atomic E-state index is 10.7. The Morgan fingerprint density at radius 1 is 1.57 bits per heavy atom. The second-order valence-electron chi connectivity index (χ2n) is 2.84. The number of fused-ring (bicyclic) bond motifs is 1. The van der Waals surface area contributed by atoms with Crippen molar-refractivity contribution in [2.24, 2.45) is 7.05 Å². The summed E-state index contributed by atoms with van der Waals surface area (Å²) in [7, 11) is 1.71. The fourth-order valence-electron chi connectivity index (χ4n) is 1.42. The number of hydrogen-bond donors (Lipinski definition) is 0. The fourth-order valence-corrected chi connectivity index (χ4v) is 2.18. The Kier molecular flexibility index (Phi) is 2.14. The van der Waals surface area contributed by atoms with Gasteiger partial charge in [0.2, 0.25) is 0 Å². The molecule has 1 aromatic carbocycles. The van der Waals surface area contributed by atoms with Crippen molar-refractivity contribution in [2.45, 2.75) is 0 Å². The number of nitro groups is 1. The molecule has 0 spiro atoms. The summed E-state index contributed by atoms with van der Waals surface area (Å²) < 4.78 is 2.32. The Morgan fingerprint density at radius 3 is 2.93 bits per heavy atom. The van der Waals surface area contributed by atoms with Crippen LogP contribution in [0, 0.1) is 13.8 Å². The van der Waals surface area contributed by atoms with Crippen LogP contribution in [-0.4, -0.2) is 14.7 Å². The lowest BCUT2D eigenvalue weighted by molar-refractivity contribution is -0.383. The van der Waals surface area contributed by atoms with Crippen LogP contribution in [0.25, 0.3) is 10.9 Å². The summed E-state index contributed by atoms with van der Waals surface area (Å²) in [6, 6.07) is 4.99. The van der Waals surface area contributed by atoms with Gasteiger partial charge in [0.15, 0.2) is 0 Å². The molecule has 2 aromatic rings. The number of non-ortho nitro benzene ring substituents is 1. The number of benzene rings is 1. The van der Waals surface area contributed by atoms with E-state index in [1.807, 2.05) is 6.07 Å². The average Bonchev–Trinajstić information content (AvgIpc) is 2.43. The van der Waals surface area contributed by atoms with E-state index < -0.39 is 0 Å². The van der Waals surface area contributed by atoms with Gasteiger partial charge in [0, 0.05) is 18.5 Å². The first-order valence-corrected chi connectivity index (χ1v) is 4.94. The van der Waals surface area contributed by atoms with Gasteiger partial charge in [-0.25, -0.2) is 0 Å². The fraction of sp³-hybridized carbons (Fsp3) is 0.125. The Morgan fingerprint density at radius 2 is 2.29 bits per heavy atom. The highest BCUT2D eigenvalue weighted by molar-refractivity contribution is 14.1. The Labute approximate surface area is 93.0 Å². The van der Waals surface area contributed by atoms with Crippen LogP contribution in [0.5, 0.6) is 0 Å². The maximum Gasteiger partial charge on any atom is 0.295 e. The van der Waals surface area contributed by atoms with E-state index in [0.717, 1.165) is 9.09 Å². The third kappa shape index (κ3) is 1.26. The largest absolute Gasteiger partial charge is 0.295 e. The lowest BCUT2D eigenvalue weighted by atomic mass is 10.2. The van der Waals surface area contributed by atoms with E-state index in [1.54, 1.807) is 13.1 Å². The second kappa shape index (κ2) is 3.19. The molecule has 1 heterocycles. The normalized spacial score (nSPS) is 10.7. The van der Waals surface area contributed by atoms with Gasteiger partial charge >= 0.3 is 0 Å². The van der Waals surface area contributed by atoms with E-state index in [1.165, 1.54) is 10.7 Å². The summed E-state index contributed by atoms with van der Waals surface area (Å²) in [4.78, 5) is 10.3. The Hall–Kier alpha value is -1.18. The first-order chi connectivity index (χ1) is 6.61. The molecule has 0 fully saturated rings. The molecule has 0 atom stereocenters. The molecule has 72 valence electrons. The lowest BCUT2D eigenvalue weighted by Gasteiger charge is -1.95. The van der Waals surface area contributed by atoms with E-state index >= 15 is 0 Å². The van der Waals surface area contributed by atoms with Crippen molar-refractivity contribution >= 4 is 39.2 Å². The van der Waals surface area contributed by atoms with E-state index in [2.05, 4.69) is 27.7 Å². The summed E-state index contributed by atoms with van der Waals surface area (Å²) in [5.74, 6) is 0. The topological polar surface area (TPSA) is 61.0 Å². The number of halogens is 1. The summed E-state index contributed by atoms with van der Waals surface area (Å²) in [5, 5.41) is 15.7. The zero-order chi connectivity index (χ0) is 10.3. The summed E-state index contributed by atoms with van der Waals surface area (Å²) in [6.07, 6.45) is 0. The Bertz CT molecular complexity index is 521. The van der Waals surface area contributed by atoms with Crippen molar-refractivity contribution in [3.05, 3.63) is 32.0 Å². The van der Waals surface area contributed by atoms with E-state index in [9.17, 15) is 10.1 Å². The summed E-state index contributed by atoms with van der Waals surface area (Å²) in [6.45, 7) is 0. The van der Waals surface area contributed by atoms with Gasteiger partial charge in [-0.15, -0.1) is 0 Å². The molecule has 0 bridgehead atoms. The van der Waals surface area contributed by atoms with Gasteiger partial charge in [-0.3, -0.25) is 14.8 Å². The number of nitro benzene ring substituents is 1. The van der Waals surface area contributed by atoms with Gasteiger partial charge in [0.1, 0.15) is 9.22 Å². The molecule has 6 heteroatoms. The number of aromatic nitrogens is 2. The van der Waals surface area contributed by atoms with Gasteiger partial charge in [-0.05, 0) is 28.7 Å². The quantitative estimate of drug-likeness (QED) is 0.460.